The van der Waals surface area contributed by atoms with E-state index in [4.69, 9.17) is 5.73 Å². The van der Waals surface area contributed by atoms with Crippen molar-refractivity contribution < 1.29 is 0 Å². The van der Waals surface area contributed by atoms with E-state index in [0.29, 0.717) is 18.4 Å². The van der Waals surface area contributed by atoms with Gasteiger partial charge in [0.2, 0.25) is 5.95 Å². The summed E-state index contributed by atoms with van der Waals surface area (Å²) in [5, 5.41) is 3.34. The molecule has 1 aliphatic carbocycles. The van der Waals surface area contributed by atoms with Gasteiger partial charge in [-0.3, -0.25) is 0 Å². The van der Waals surface area contributed by atoms with Crippen LogP contribution in [0.2, 0.25) is 0 Å². The van der Waals surface area contributed by atoms with E-state index in [1.54, 1.807) is 0 Å². The fraction of sp³-hybridized carbons (Fsp3) is 0.278. The molecule has 4 rings (SSSR count). The summed E-state index contributed by atoms with van der Waals surface area (Å²) in [5.41, 5.74) is 9.15. The predicted molar refractivity (Wildman–Crippen MR) is 94.0 cm³/mol. The Morgan fingerprint density at radius 2 is 2.00 bits per heavy atom. The number of nitrogens with one attached hydrogen (secondary N) is 1. The maximum Gasteiger partial charge on any atom is 0.222 e. The molecule has 2 heterocycles. The van der Waals surface area contributed by atoms with Gasteiger partial charge in [-0.05, 0) is 37.5 Å². The van der Waals surface area contributed by atoms with Crippen molar-refractivity contribution in [3.63, 3.8) is 0 Å². The van der Waals surface area contributed by atoms with Gasteiger partial charge in [0.05, 0.1) is 5.69 Å². The van der Waals surface area contributed by atoms with E-state index in [0.717, 1.165) is 23.0 Å². The molecule has 1 fully saturated rings. The van der Waals surface area contributed by atoms with Gasteiger partial charge in [-0.25, -0.2) is 9.97 Å². The van der Waals surface area contributed by atoms with Crippen LogP contribution in [-0.2, 0) is 6.54 Å². The first-order chi connectivity index (χ1) is 11.7. The molecule has 0 atom stereocenters. The molecule has 1 aliphatic rings. The highest BCUT2D eigenvalue weighted by molar-refractivity contribution is 5.43. The van der Waals surface area contributed by atoms with E-state index >= 15 is 0 Å². The molecule has 122 valence electrons. The van der Waals surface area contributed by atoms with Crippen LogP contribution >= 0.6 is 0 Å². The van der Waals surface area contributed by atoms with Crippen molar-refractivity contribution in [3.05, 3.63) is 59.8 Å². The first-order valence-corrected chi connectivity index (χ1v) is 8.16. The van der Waals surface area contributed by atoms with Crippen LogP contribution in [0.25, 0.3) is 5.69 Å². The van der Waals surface area contributed by atoms with Crippen LogP contribution in [0.3, 0.4) is 0 Å². The van der Waals surface area contributed by atoms with Crippen LogP contribution in [0.15, 0.2) is 42.7 Å². The zero-order chi connectivity index (χ0) is 16.5. The monoisotopic (exact) mass is 320 g/mol. The molecule has 1 saturated carbocycles. The second-order valence-corrected chi connectivity index (χ2v) is 6.17. The second kappa shape index (κ2) is 5.96. The summed E-state index contributed by atoms with van der Waals surface area (Å²) in [6.07, 6.45) is 6.17. The lowest BCUT2D eigenvalue weighted by atomic mass is 10.2. The summed E-state index contributed by atoms with van der Waals surface area (Å²) in [7, 11) is 0. The van der Waals surface area contributed by atoms with Crippen molar-refractivity contribution >= 4 is 11.8 Å². The van der Waals surface area contributed by atoms with Gasteiger partial charge in [0.25, 0.3) is 0 Å². The minimum absolute atomic E-state index is 0.341. The van der Waals surface area contributed by atoms with Gasteiger partial charge in [0.1, 0.15) is 11.6 Å². The zero-order valence-electron chi connectivity index (χ0n) is 13.6. The number of nitrogens with two attached hydrogens (primary N) is 1. The van der Waals surface area contributed by atoms with Gasteiger partial charge in [0, 0.05) is 36.6 Å². The number of benzene rings is 1. The molecule has 24 heavy (non-hydrogen) atoms. The normalized spacial score (nSPS) is 13.9. The fourth-order valence-corrected chi connectivity index (χ4v) is 2.78. The Kier molecular flexibility index (Phi) is 3.65. The number of rotatable bonds is 5. The highest BCUT2D eigenvalue weighted by atomic mass is 15.1. The summed E-state index contributed by atoms with van der Waals surface area (Å²) in [5.74, 6) is 2.67. The molecule has 3 N–H and O–H groups in total. The molecule has 0 spiro atoms. The van der Waals surface area contributed by atoms with E-state index in [2.05, 4.69) is 49.1 Å². The summed E-state index contributed by atoms with van der Waals surface area (Å²) in [6.45, 7) is 2.69. The smallest absolute Gasteiger partial charge is 0.222 e. The average Bonchev–Trinajstić information content (AvgIpc) is 3.35. The third-order valence-corrected chi connectivity index (χ3v) is 4.27. The van der Waals surface area contributed by atoms with E-state index in [9.17, 15) is 0 Å². The molecule has 0 amide bonds. The standard InChI is InChI=1S/C18H20N6/c1-12-20-8-9-24(12)15-6-2-13(3-7-15)11-21-17-10-16(14-4-5-14)22-18(19)23-17/h2-3,6-10,14H,4-5,11H2,1H3,(H3,19,21,22,23). The molecular formula is C18H20N6. The lowest BCUT2D eigenvalue weighted by molar-refractivity contribution is 0.970. The van der Waals surface area contributed by atoms with Crippen LogP contribution in [0, 0.1) is 6.92 Å². The molecule has 6 heteroatoms. The number of nitrogens with zero attached hydrogens (tertiary/aromatic N) is 4. The maximum atomic E-state index is 5.81. The Hall–Kier alpha value is -2.89. The Labute approximate surface area is 140 Å². The van der Waals surface area contributed by atoms with Crippen LogP contribution in [0.1, 0.15) is 35.8 Å². The van der Waals surface area contributed by atoms with Gasteiger partial charge in [0.15, 0.2) is 0 Å². The van der Waals surface area contributed by atoms with Crippen molar-refractivity contribution in [2.24, 2.45) is 0 Å². The lowest BCUT2D eigenvalue weighted by Gasteiger charge is -2.09. The van der Waals surface area contributed by atoms with Gasteiger partial charge in [-0.15, -0.1) is 0 Å². The van der Waals surface area contributed by atoms with Crippen molar-refractivity contribution in [2.75, 3.05) is 11.1 Å². The lowest BCUT2D eigenvalue weighted by Crippen LogP contribution is -2.06. The van der Waals surface area contributed by atoms with Crippen LogP contribution in [0.5, 0.6) is 0 Å². The Bertz CT molecular complexity index is 848. The van der Waals surface area contributed by atoms with E-state index in [1.165, 1.54) is 18.4 Å². The quantitative estimate of drug-likeness (QED) is 0.755. The highest BCUT2D eigenvalue weighted by Crippen LogP contribution is 2.39. The van der Waals surface area contributed by atoms with Gasteiger partial charge in [-0.1, -0.05) is 12.1 Å². The minimum Gasteiger partial charge on any atom is -0.368 e. The third kappa shape index (κ3) is 3.08. The second-order valence-electron chi connectivity index (χ2n) is 6.17. The molecule has 0 saturated heterocycles. The average molecular weight is 320 g/mol. The Morgan fingerprint density at radius 1 is 1.21 bits per heavy atom. The van der Waals surface area contributed by atoms with Gasteiger partial charge >= 0.3 is 0 Å². The van der Waals surface area contributed by atoms with Crippen LogP contribution < -0.4 is 11.1 Å². The molecule has 2 aromatic heterocycles. The fourth-order valence-electron chi connectivity index (χ4n) is 2.78. The Morgan fingerprint density at radius 3 is 2.67 bits per heavy atom. The minimum atomic E-state index is 0.341. The summed E-state index contributed by atoms with van der Waals surface area (Å²) in [6, 6.07) is 10.4. The van der Waals surface area contributed by atoms with Gasteiger partial charge < -0.3 is 15.6 Å². The van der Waals surface area contributed by atoms with Crippen molar-refractivity contribution in [3.8, 4) is 5.69 Å². The van der Waals surface area contributed by atoms with Gasteiger partial charge in [-0.2, -0.15) is 4.98 Å². The number of aryl methyl sites for hydroxylation is 1. The SMILES string of the molecule is Cc1nccn1-c1ccc(CNc2cc(C3CC3)nc(N)n2)cc1. The van der Waals surface area contributed by atoms with Crippen molar-refractivity contribution in [2.45, 2.75) is 32.2 Å². The number of imidazole rings is 1. The zero-order valence-corrected chi connectivity index (χ0v) is 13.6. The third-order valence-electron chi connectivity index (χ3n) is 4.27. The molecule has 0 unspecified atom stereocenters. The summed E-state index contributed by atoms with van der Waals surface area (Å²) < 4.78 is 2.06. The van der Waals surface area contributed by atoms with E-state index in [-0.39, 0.29) is 0 Å². The molecule has 1 aromatic carbocycles. The molecule has 0 radical (unpaired) electrons. The number of nitrogen functional groups attached to an aromatic ring is 1. The molecule has 0 bridgehead atoms. The highest BCUT2D eigenvalue weighted by Gasteiger charge is 2.25. The molecule has 0 aliphatic heterocycles. The molecule has 3 aromatic rings. The van der Waals surface area contributed by atoms with Crippen LogP contribution in [0.4, 0.5) is 11.8 Å². The van der Waals surface area contributed by atoms with E-state index < -0.39 is 0 Å². The topological polar surface area (TPSA) is 81.7 Å². The van der Waals surface area contributed by atoms with E-state index in [1.807, 2.05) is 25.4 Å². The summed E-state index contributed by atoms with van der Waals surface area (Å²) in [4.78, 5) is 12.8. The number of hydrogen-bond acceptors (Lipinski definition) is 5. The number of aromatic nitrogens is 4. The first kappa shape index (κ1) is 14.7. The summed E-state index contributed by atoms with van der Waals surface area (Å²) >= 11 is 0. The Balaban J connectivity index is 1.45. The molecular weight excluding hydrogens is 300 g/mol. The first-order valence-electron chi connectivity index (χ1n) is 8.16. The largest absolute Gasteiger partial charge is 0.368 e. The van der Waals surface area contributed by atoms with Crippen LogP contribution in [-0.4, -0.2) is 19.5 Å². The molecule has 6 nitrogen and oxygen atoms in total. The van der Waals surface area contributed by atoms with Crippen molar-refractivity contribution in [1.29, 1.82) is 0 Å². The predicted octanol–water partition coefficient (Wildman–Crippen LogP) is 3.04. The number of anilines is 2. The van der Waals surface area contributed by atoms with Crippen molar-refractivity contribution in [1.82, 2.24) is 19.5 Å². The maximum absolute atomic E-state index is 5.81. The number of hydrogen-bond donors (Lipinski definition) is 2.